The van der Waals surface area contributed by atoms with E-state index in [2.05, 4.69) is 26.1 Å². The van der Waals surface area contributed by atoms with Crippen LogP contribution in [0.1, 0.15) is 33.6 Å². The largest absolute Gasteiger partial charge is 0.396 e. The molecule has 2 nitrogen and oxygen atoms in total. The Hall–Kier alpha value is -0.0800. The Kier molecular flexibility index (Phi) is 6.57. The van der Waals surface area contributed by atoms with Crippen molar-refractivity contribution in [1.29, 1.82) is 0 Å². The number of hydrogen-bond donors (Lipinski definition) is 2. The van der Waals surface area contributed by atoms with Crippen molar-refractivity contribution in [2.75, 3.05) is 13.2 Å². The normalized spacial score (nSPS) is 13.9. The van der Waals surface area contributed by atoms with E-state index in [0.29, 0.717) is 18.6 Å². The lowest BCUT2D eigenvalue weighted by molar-refractivity contribution is 0.260. The van der Waals surface area contributed by atoms with E-state index < -0.39 is 0 Å². The molecule has 0 aliphatic heterocycles. The summed E-state index contributed by atoms with van der Waals surface area (Å²) in [7, 11) is 0. The van der Waals surface area contributed by atoms with Gasteiger partial charge in [0.2, 0.25) is 0 Å². The summed E-state index contributed by atoms with van der Waals surface area (Å²) in [6, 6.07) is 0.502. The maximum absolute atomic E-state index is 8.69. The Balaban J connectivity index is 3.35. The Morgan fingerprint density at radius 2 is 2.00 bits per heavy atom. The monoisotopic (exact) mass is 159 g/mol. The summed E-state index contributed by atoms with van der Waals surface area (Å²) in [5, 5.41) is 12.1. The molecule has 0 aromatic carbocycles. The Bertz CT molecular complexity index is 83.6. The van der Waals surface area contributed by atoms with E-state index in [0.717, 1.165) is 19.4 Å². The molecule has 1 unspecified atom stereocenters. The fourth-order valence-corrected chi connectivity index (χ4v) is 1.01. The van der Waals surface area contributed by atoms with E-state index >= 15 is 0 Å². The van der Waals surface area contributed by atoms with Gasteiger partial charge in [-0.05, 0) is 25.3 Å². The number of nitrogens with one attached hydrogen (secondary N) is 1. The molecule has 0 radical (unpaired) electrons. The fraction of sp³-hybridized carbons (Fsp3) is 1.00. The van der Waals surface area contributed by atoms with Gasteiger partial charge in [0.25, 0.3) is 0 Å². The van der Waals surface area contributed by atoms with Gasteiger partial charge in [0.15, 0.2) is 0 Å². The van der Waals surface area contributed by atoms with Crippen LogP contribution in [-0.2, 0) is 0 Å². The van der Waals surface area contributed by atoms with Crippen LogP contribution in [0.4, 0.5) is 0 Å². The van der Waals surface area contributed by atoms with Crippen LogP contribution >= 0.6 is 0 Å². The van der Waals surface area contributed by atoms with E-state index in [1.807, 2.05) is 0 Å². The summed E-state index contributed by atoms with van der Waals surface area (Å²) in [4.78, 5) is 0. The molecule has 0 aromatic heterocycles. The van der Waals surface area contributed by atoms with Gasteiger partial charge in [-0.1, -0.05) is 20.8 Å². The van der Waals surface area contributed by atoms with E-state index in [9.17, 15) is 0 Å². The summed E-state index contributed by atoms with van der Waals surface area (Å²) in [5.41, 5.74) is 0. The van der Waals surface area contributed by atoms with Gasteiger partial charge in [0.1, 0.15) is 0 Å². The van der Waals surface area contributed by atoms with Crippen LogP contribution in [-0.4, -0.2) is 24.3 Å². The SMILES string of the molecule is CCC(CCO)NCC(C)C. The minimum atomic E-state index is 0.295. The number of rotatable bonds is 6. The minimum Gasteiger partial charge on any atom is -0.396 e. The van der Waals surface area contributed by atoms with E-state index in [4.69, 9.17) is 5.11 Å². The van der Waals surface area contributed by atoms with Crippen molar-refractivity contribution in [2.24, 2.45) is 5.92 Å². The van der Waals surface area contributed by atoms with Gasteiger partial charge in [-0.3, -0.25) is 0 Å². The highest BCUT2D eigenvalue weighted by molar-refractivity contribution is 4.64. The van der Waals surface area contributed by atoms with Crippen molar-refractivity contribution in [3.05, 3.63) is 0 Å². The average Bonchev–Trinajstić information content (AvgIpc) is 1.97. The molecular formula is C9H21NO. The van der Waals surface area contributed by atoms with Gasteiger partial charge in [0.05, 0.1) is 0 Å². The lowest BCUT2D eigenvalue weighted by Gasteiger charge is -2.16. The van der Waals surface area contributed by atoms with Gasteiger partial charge >= 0.3 is 0 Å². The van der Waals surface area contributed by atoms with Crippen LogP contribution < -0.4 is 5.32 Å². The predicted octanol–water partition coefficient (Wildman–Crippen LogP) is 1.39. The van der Waals surface area contributed by atoms with Crippen molar-refractivity contribution >= 4 is 0 Å². The second-order valence-electron chi connectivity index (χ2n) is 3.42. The third-order valence-electron chi connectivity index (χ3n) is 1.79. The molecule has 68 valence electrons. The fourth-order valence-electron chi connectivity index (χ4n) is 1.01. The van der Waals surface area contributed by atoms with Gasteiger partial charge in [0, 0.05) is 12.6 Å². The molecule has 0 rings (SSSR count). The maximum Gasteiger partial charge on any atom is 0.0445 e. The van der Waals surface area contributed by atoms with Crippen LogP contribution in [0.3, 0.4) is 0 Å². The van der Waals surface area contributed by atoms with E-state index in [1.54, 1.807) is 0 Å². The topological polar surface area (TPSA) is 32.3 Å². The van der Waals surface area contributed by atoms with Crippen LogP contribution in [0.5, 0.6) is 0 Å². The summed E-state index contributed by atoms with van der Waals surface area (Å²) in [6.07, 6.45) is 1.98. The van der Waals surface area contributed by atoms with Crippen LogP contribution in [0, 0.1) is 5.92 Å². The van der Waals surface area contributed by atoms with Crippen molar-refractivity contribution in [3.63, 3.8) is 0 Å². The smallest absolute Gasteiger partial charge is 0.0445 e. The molecule has 0 fully saturated rings. The zero-order valence-corrected chi connectivity index (χ0v) is 7.93. The molecule has 1 atom stereocenters. The van der Waals surface area contributed by atoms with Crippen LogP contribution in [0.2, 0.25) is 0 Å². The maximum atomic E-state index is 8.69. The molecule has 0 aromatic rings. The standard InChI is InChI=1S/C9H21NO/c1-4-9(5-6-11)10-7-8(2)3/h8-11H,4-7H2,1-3H3. The number of hydrogen-bond acceptors (Lipinski definition) is 2. The highest BCUT2D eigenvalue weighted by atomic mass is 16.3. The zero-order valence-electron chi connectivity index (χ0n) is 7.93. The molecule has 11 heavy (non-hydrogen) atoms. The Morgan fingerprint density at radius 3 is 2.36 bits per heavy atom. The quantitative estimate of drug-likeness (QED) is 0.614. The number of aliphatic hydroxyl groups is 1. The minimum absolute atomic E-state index is 0.295. The molecule has 2 N–H and O–H groups in total. The Labute approximate surface area is 70.0 Å². The molecular weight excluding hydrogens is 138 g/mol. The third-order valence-corrected chi connectivity index (χ3v) is 1.79. The first kappa shape index (κ1) is 10.9. The summed E-state index contributed by atoms with van der Waals surface area (Å²) in [6.45, 7) is 7.88. The molecule has 0 heterocycles. The van der Waals surface area contributed by atoms with Gasteiger partial charge in [-0.2, -0.15) is 0 Å². The molecule has 0 aliphatic carbocycles. The van der Waals surface area contributed by atoms with E-state index in [1.165, 1.54) is 0 Å². The van der Waals surface area contributed by atoms with Crippen molar-refractivity contribution < 1.29 is 5.11 Å². The summed E-state index contributed by atoms with van der Waals surface area (Å²) in [5.74, 6) is 0.697. The molecule has 0 bridgehead atoms. The third kappa shape index (κ3) is 6.32. The highest BCUT2D eigenvalue weighted by Crippen LogP contribution is 1.97. The number of aliphatic hydroxyl groups excluding tert-OH is 1. The summed E-state index contributed by atoms with van der Waals surface area (Å²) < 4.78 is 0. The zero-order chi connectivity index (χ0) is 8.69. The average molecular weight is 159 g/mol. The first-order valence-corrected chi connectivity index (χ1v) is 4.55. The van der Waals surface area contributed by atoms with Gasteiger partial charge < -0.3 is 10.4 Å². The highest BCUT2D eigenvalue weighted by Gasteiger charge is 2.04. The van der Waals surface area contributed by atoms with Gasteiger partial charge in [-0.25, -0.2) is 0 Å². The van der Waals surface area contributed by atoms with Crippen LogP contribution in [0.15, 0.2) is 0 Å². The van der Waals surface area contributed by atoms with Crippen LogP contribution in [0.25, 0.3) is 0 Å². The molecule has 0 saturated carbocycles. The van der Waals surface area contributed by atoms with Crippen molar-refractivity contribution in [1.82, 2.24) is 5.32 Å². The molecule has 0 saturated heterocycles. The summed E-state index contributed by atoms with van der Waals surface area (Å²) >= 11 is 0. The second-order valence-corrected chi connectivity index (χ2v) is 3.42. The molecule has 0 aliphatic rings. The van der Waals surface area contributed by atoms with Crippen molar-refractivity contribution in [3.8, 4) is 0 Å². The molecule has 2 heteroatoms. The van der Waals surface area contributed by atoms with Gasteiger partial charge in [-0.15, -0.1) is 0 Å². The lowest BCUT2D eigenvalue weighted by Crippen LogP contribution is -2.32. The second kappa shape index (κ2) is 6.62. The predicted molar refractivity (Wildman–Crippen MR) is 48.6 cm³/mol. The molecule has 0 spiro atoms. The Morgan fingerprint density at radius 1 is 1.36 bits per heavy atom. The molecule has 0 amide bonds. The van der Waals surface area contributed by atoms with E-state index in [-0.39, 0.29) is 0 Å². The van der Waals surface area contributed by atoms with Crippen molar-refractivity contribution in [2.45, 2.75) is 39.7 Å². The first-order chi connectivity index (χ1) is 5.20. The lowest BCUT2D eigenvalue weighted by atomic mass is 10.1. The first-order valence-electron chi connectivity index (χ1n) is 4.55.